The second-order valence-corrected chi connectivity index (χ2v) is 16.0. The Morgan fingerprint density at radius 1 is 0.357 bits per heavy atom. The summed E-state index contributed by atoms with van der Waals surface area (Å²) >= 11 is 0. The molecule has 1 heteroatoms. The van der Waals surface area contributed by atoms with Crippen molar-refractivity contribution >= 4 is 65.0 Å². The first kappa shape index (κ1) is 31.4. The van der Waals surface area contributed by atoms with Crippen molar-refractivity contribution in [2.45, 2.75) is 19.3 Å². The molecule has 262 valence electrons. The van der Waals surface area contributed by atoms with Gasteiger partial charge in [0.1, 0.15) is 11.2 Å². The van der Waals surface area contributed by atoms with Gasteiger partial charge < -0.3 is 4.42 Å². The Balaban J connectivity index is 1.05. The van der Waals surface area contributed by atoms with Crippen LogP contribution in [0, 0.1) is 0 Å². The van der Waals surface area contributed by atoms with Crippen molar-refractivity contribution in [3.05, 3.63) is 193 Å². The smallest absolute Gasteiger partial charge is 0.136 e. The molecule has 0 unspecified atom stereocenters. The summed E-state index contributed by atoms with van der Waals surface area (Å²) in [7, 11) is 0. The first-order chi connectivity index (χ1) is 27.5. The van der Waals surface area contributed by atoms with Crippen molar-refractivity contribution in [2.75, 3.05) is 0 Å². The zero-order chi connectivity index (χ0) is 37.1. The maximum Gasteiger partial charge on any atom is 0.136 e. The van der Waals surface area contributed by atoms with Crippen LogP contribution in [0.25, 0.3) is 110 Å². The Bertz CT molecular complexity index is 3390. The van der Waals surface area contributed by atoms with Crippen LogP contribution in [0.4, 0.5) is 0 Å². The fourth-order valence-electron chi connectivity index (χ4n) is 10.2. The van der Waals surface area contributed by atoms with Gasteiger partial charge in [-0.3, -0.25) is 0 Å². The predicted molar refractivity (Wildman–Crippen MR) is 238 cm³/mol. The molecule has 0 atom stereocenters. The largest absolute Gasteiger partial charge is 0.456 e. The van der Waals surface area contributed by atoms with Gasteiger partial charge in [-0.05, 0) is 123 Å². The molecule has 1 nitrogen and oxygen atoms in total. The van der Waals surface area contributed by atoms with Gasteiger partial charge in [-0.15, -0.1) is 0 Å². The Hall–Kier alpha value is -6.96. The van der Waals surface area contributed by atoms with Gasteiger partial charge in [0.25, 0.3) is 0 Å². The lowest BCUT2D eigenvalue weighted by Gasteiger charge is -2.23. The lowest BCUT2D eigenvalue weighted by atomic mass is 9.79. The van der Waals surface area contributed by atoms with Gasteiger partial charge in [0.2, 0.25) is 0 Å². The topological polar surface area (TPSA) is 13.1 Å². The summed E-state index contributed by atoms with van der Waals surface area (Å²) < 4.78 is 6.39. The van der Waals surface area contributed by atoms with E-state index in [-0.39, 0.29) is 5.41 Å². The monoisotopic (exact) mass is 712 g/mol. The minimum absolute atomic E-state index is 0.180. The van der Waals surface area contributed by atoms with Crippen LogP contribution in [-0.2, 0) is 5.41 Å². The zero-order valence-corrected chi connectivity index (χ0v) is 31.2. The third-order valence-corrected chi connectivity index (χ3v) is 12.6. The van der Waals surface area contributed by atoms with Crippen LogP contribution < -0.4 is 0 Å². The number of fused-ring (bicyclic) bond motifs is 12. The molecule has 0 N–H and O–H groups in total. The molecule has 0 aliphatic heterocycles. The van der Waals surface area contributed by atoms with Crippen molar-refractivity contribution in [1.29, 1.82) is 0 Å². The van der Waals surface area contributed by atoms with Crippen LogP contribution in [0.1, 0.15) is 25.0 Å². The standard InChI is InChI=1S/C55H36O/c1-55(2)47-29-26-36(32-46(47)44-28-25-34-27-30-49-53(51(34)54(44)55)45-22-9-10-24-48(45)56-49)35-15-11-16-37(31-35)50-40-18-5-7-20-42(40)52(43-21-8-6-19-41(43)50)39-23-12-14-33-13-3-4-17-38(33)39/h3-32H,1-2H3. The van der Waals surface area contributed by atoms with Crippen molar-refractivity contribution in [1.82, 2.24) is 0 Å². The van der Waals surface area contributed by atoms with E-state index in [1.165, 1.54) is 109 Å². The Kier molecular flexibility index (Phi) is 6.46. The lowest BCUT2D eigenvalue weighted by Crippen LogP contribution is -2.15. The average Bonchev–Trinajstić information content (AvgIpc) is 3.74. The Morgan fingerprint density at radius 2 is 0.964 bits per heavy atom. The molecule has 12 rings (SSSR count). The van der Waals surface area contributed by atoms with E-state index >= 15 is 0 Å². The molecular weight excluding hydrogens is 677 g/mol. The molecule has 0 saturated heterocycles. The van der Waals surface area contributed by atoms with Crippen LogP contribution >= 0.6 is 0 Å². The molecule has 1 aliphatic rings. The fraction of sp³-hybridized carbons (Fsp3) is 0.0545. The SMILES string of the molecule is CC1(C)c2ccc(-c3cccc(-c4c5ccccc5c(-c5cccc6ccccc56)c5ccccc45)c3)cc2-c2ccc3ccc4oc5ccccc5c4c3c21. The summed E-state index contributed by atoms with van der Waals surface area (Å²) in [5.41, 5.74) is 14.6. The zero-order valence-electron chi connectivity index (χ0n) is 31.2. The molecule has 1 heterocycles. The Labute approximate surface area is 325 Å². The second-order valence-electron chi connectivity index (χ2n) is 16.0. The van der Waals surface area contributed by atoms with Gasteiger partial charge in [-0.1, -0.05) is 172 Å². The van der Waals surface area contributed by atoms with Gasteiger partial charge in [-0.25, -0.2) is 0 Å². The molecule has 0 radical (unpaired) electrons. The van der Waals surface area contributed by atoms with Crippen molar-refractivity contribution < 1.29 is 4.42 Å². The van der Waals surface area contributed by atoms with Gasteiger partial charge in [0.05, 0.1) is 0 Å². The molecule has 0 fully saturated rings. The van der Waals surface area contributed by atoms with E-state index in [1.807, 2.05) is 0 Å². The van der Waals surface area contributed by atoms with Gasteiger partial charge in [0.15, 0.2) is 0 Å². The molecule has 0 bridgehead atoms. The maximum atomic E-state index is 6.39. The molecule has 1 aromatic heterocycles. The van der Waals surface area contributed by atoms with Crippen LogP contribution in [0.5, 0.6) is 0 Å². The number of benzene rings is 10. The highest BCUT2D eigenvalue weighted by atomic mass is 16.3. The first-order valence-electron chi connectivity index (χ1n) is 19.6. The highest BCUT2D eigenvalue weighted by Gasteiger charge is 2.38. The molecular formula is C55H36O. The number of hydrogen-bond acceptors (Lipinski definition) is 1. The maximum absolute atomic E-state index is 6.39. The van der Waals surface area contributed by atoms with Crippen LogP contribution in [-0.4, -0.2) is 0 Å². The van der Waals surface area contributed by atoms with Gasteiger partial charge >= 0.3 is 0 Å². The molecule has 0 spiro atoms. The third kappa shape index (κ3) is 4.31. The fourth-order valence-corrected chi connectivity index (χ4v) is 10.2. The van der Waals surface area contributed by atoms with E-state index in [1.54, 1.807) is 0 Å². The van der Waals surface area contributed by atoms with Gasteiger partial charge in [-0.2, -0.15) is 0 Å². The molecule has 56 heavy (non-hydrogen) atoms. The van der Waals surface area contributed by atoms with Crippen LogP contribution in [0.15, 0.2) is 186 Å². The van der Waals surface area contributed by atoms with Gasteiger partial charge in [0, 0.05) is 16.2 Å². The Morgan fingerprint density at radius 3 is 1.75 bits per heavy atom. The number of rotatable bonds is 3. The van der Waals surface area contributed by atoms with Crippen molar-refractivity contribution in [2.24, 2.45) is 0 Å². The highest BCUT2D eigenvalue weighted by molar-refractivity contribution is 6.24. The van der Waals surface area contributed by atoms with Crippen molar-refractivity contribution in [3.63, 3.8) is 0 Å². The summed E-state index contributed by atoms with van der Waals surface area (Å²) in [5.74, 6) is 0. The number of furan rings is 1. The predicted octanol–water partition coefficient (Wildman–Crippen LogP) is 15.5. The van der Waals surface area contributed by atoms with Crippen LogP contribution in [0.2, 0.25) is 0 Å². The van der Waals surface area contributed by atoms with E-state index in [4.69, 9.17) is 4.42 Å². The van der Waals surface area contributed by atoms with E-state index in [0.29, 0.717) is 0 Å². The number of hydrogen-bond donors (Lipinski definition) is 0. The summed E-state index contributed by atoms with van der Waals surface area (Å²) in [6.07, 6.45) is 0. The lowest BCUT2D eigenvalue weighted by molar-refractivity contribution is 0.665. The van der Waals surface area contributed by atoms with E-state index in [0.717, 1.165) is 11.2 Å². The van der Waals surface area contributed by atoms with Crippen LogP contribution in [0.3, 0.4) is 0 Å². The molecule has 1 aliphatic carbocycles. The molecule has 10 aromatic carbocycles. The quantitative estimate of drug-likeness (QED) is 0.166. The summed E-state index contributed by atoms with van der Waals surface area (Å²) in [6, 6.07) is 67.1. The molecule has 11 aromatic rings. The normalized spacial score (nSPS) is 13.3. The van der Waals surface area contributed by atoms with E-state index in [9.17, 15) is 0 Å². The van der Waals surface area contributed by atoms with E-state index in [2.05, 4.69) is 196 Å². The summed E-state index contributed by atoms with van der Waals surface area (Å²) in [4.78, 5) is 0. The number of para-hydroxylation sites is 1. The molecule has 0 saturated carbocycles. The summed E-state index contributed by atoms with van der Waals surface area (Å²) in [5, 5.41) is 12.6. The first-order valence-corrected chi connectivity index (χ1v) is 19.6. The molecule has 0 amide bonds. The minimum Gasteiger partial charge on any atom is -0.456 e. The van der Waals surface area contributed by atoms with Crippen molar-refractivity contribution in [3.8, 4) is 44.5 Å². The highest BCUT2D eigenvalue weighted by Crippen LogP contribution is 2.54. The average molecular weight is 713 g/mol. The van der Waals surface area contributed by atoms with E-state index < -0.39 is 0 Å². The minimum atomic E-state index is -0.180. The third-order valence-electron chi connectivity index (χ3n) is 12.6. The second kappa shape index (κ2) is 11.5. The summed E-state index contributed by atoms with van der Waals surface area (Å²) in [6.45, 7) is 4.77.